The molecule has 0 atom stereocenters. The zero-order chi connectivity index (χ0) is 14.4. The third-order valence-corrected chi connectivity index (χ3v) is 3.98. The van der Waals surface area contributed by atoms with Gasteiger partial charge in [-0.3, -0.25) is 4.79 Å². The minimum atomic E-state index is -0.355. The highest BCUT2D eigenvalue weighted by atomic mass is 79.9. The molecule has 1 aliphatic heterocycles. The van der Waals surface area contributed by atoms with Gasteiger partial charge in [0.15, 0.2) is 0 Å². The standard InChI is InChI=1S/C14H19BrFN3O/c15-13-10-11(16)2-3-12(13)14(20)18-4-1-7-19-8-5-17-6-9-19/h2-3,10,17H,1,4-9H2,(H,18,20). The fraction of sp³-hybridized carbons (Fsp3) is 0.500. The molecule has 1 saturated heterocycles. The highest BCUT2D eigenvalue weighted by molar-refractivity contribution is 9.10. The Labute approximate surface area is 126 Å². The molecule has 0 spiro atoms. The van der Waals surface area contributed by atoms with Crippen molar-refractivity contribution in [2.24, 2.45) is 0 Å². The molecule has 2 rings (SSSR count). The van der Waals surface area contributed by atoms with Gasteiger partial charge >= 0.3 is 0 Å². The molecule has 20 heavy (non-hydrogen) atoms. The van der Waals surface area contributed by atoms with Crippen LogP contribution in [-0.4, -0.2) is 50.1 Å². The van der Waals surface area contributed by atoms with E-state index in [0.717, 1.165) is 39.1 Å². The average Bonchev–Trinajstić information content (AvgIpc) is 2.44. The summed E-state index contributed by atoms with van der Waals surface area (Å²) in [5, 5.41) is 6.17. The van der Waals surface area contributed by atoms with Gasteiger partial charge in [0.2, 0.25) is 0 Å². The number of benzene rings is 1. The summed E-state index contributed by atoms with van der Waals surface area (Å²) in [7, 11) is 0. The van der Waals surface area contributed by atoms with E-state index in [1.165, 1.54) is 18.2 Å². The summed E-state index contributed by atoms with van der Waals surface area (Å²) in [6, 6.07) is 4.08. The van der Waals surface area contributed by atoms with Gasteiger partial charge in [0, 0.05) is 37.2 Å². The Hall–Kier alpha value is -0.980. The number of carbonyl (C=O) groups excluding carboxylic acids is 1. The molecule has 4 nitrogen and oxygen atoms in total. The minimum Gasteiger partial charge on any atom is -0.352 e. The van der Waals surface area contributed by atoms with Crippen molar-refractivity contribution in [1.29, 1.82) is 0 Å². The van der Waals surface area contributed by atoms with Crippen molar-refractivity contribution in [2.45, 2.75) is 6.42 Å². The highest BCUT2D eigenvalue weighted by Crippen LogP contribution is 2.17. The molecular weight excluding hydrogens is 325 g/mol. The van der Waals surface area contributed by atoms with Gasteiger partial charge in [-0.2, -0.15) is 0 Å². The van der Waals surface area contributed by atoms with Crippen LogP contribution < -0.4 is 10.6 Å². The molecule has 1 heterocycles. The summed E-state index contributed by atoms with van der Waals surface area (Å²) in [6.45, 7) is 5.83. The third-order valence-electron chi connectivity index (χ3n) is 3.32. The van der Waals surface area contributed by atoms with E-state index in [0.29, 0.717) is 16.6 Å². The van der Waals surface area contributed by atoms with Crippen LogP contribution in [0.5, 0.6) is 0 Å². The molecule has 1 fully saturated rings. The number of piperazine rings is 1. The van der Waals surface area contributed by atoms with Crippen LogP contribution in [0, 0.1) is 5.82 Å². The number of nitrogens with one attached hydrogen (secondary N) is 2. The number of hydrogen-bond donors (Lipinski definition) is 2. The smallest absolute Gasteiger partial charge is 0.252 e. The first kappa shape index (κ1) is 15.4. The molecule has 0 aliphatic carbocycles. The maximum Gasteiger partial charge on any atom is 0.252 e. The van der Waals surface area contributed by atoms with Crippen LogP contribution in [0.15, 0.2) is 22.7 Å². The number of halogens is 2. The van der Waals surface area contributed by atoms with Crippen molar-refractivity contribution >= 4 is 21.8 Å². The second-order valence-electron chi connectivity index (χ2n) is 4.83. The quantitative estimate of drug-likeness (QED) is 0.798. The van der Waals surface area contributed by atoms with E-state index in [1.54, 1.807) is 0 Å². The second kappa shape index (κ2) is 7.71. The predicted octanol–water partition coefficient (Wildman–Crippen LogP) is 1.61. The van der Waals surface area contributed by atoms with Gasteiger partial charge in [-0.25, -0.2) is 4.39 Å². The van der Waals surface area contributed by atoms with E-state index in [-0.39, 0.29) is 11.7 Å². The summed E-state index contributed by atoms with van der Waals surface area (Å²) in [4.78, 5) is 14.3. The van der Waals surface area contributed by atoms with Gasteiger partial charge < -0.3 is 15.5 Å². The Kier molecular flexibility index (Phi) is 5.94. The molecule has 0 unspecified atom stereocenters. The molecule has 1 aliphatic rings. The lowest BCUT2D eigenvalue weighted by atomic mass is 10.2. The molecular formula is C14H19BrFN3O. The van der Waals surface area contributed by atoms with Gasteiger partial charge in [-0.15, -0.1) is 0 Å². The first-order valence-electron chi connectivity index (χ1n) is 6.83. The third kappa shape index (κ3) is 4.54. The summed E-state index contributed by atoms with van der Waals surface area (Å²) in [5.74, 6) is -0.524. The molecule has 0 saturated carbocycles. The number of carbonyl (C=O) groups is 1. The molecule has 0 bridgehead atoms. The van der Waals surface area contributed by atoms with E-state index in [4.69, 9.17) is 0 Å². The zero-order valence-electron chi connectivity index (χ0n) is 11.3. The van der Waals surface area contributed by atoms with Crippen LogP contribution >= 0.6 is 15.9 Å². The van der Waals surface area contributed by atoms with E-state index >= 15 is 0 Å². The largest absolute Gasteiger partial charge is 0.352 e. The molecule has 0 aromatic heterocycles. The summed E-state index contributed by atoms with van der Waals surface area (Å²) in [5.41, 5.74) is 0.466. The molecule has 1 amide bonds. The van der Waals surface area contributed by atoms with Crippen LogP contribution in [0.2, 0.25) is 0 Å². The number of hydrogen-bond acceptors (Lipinski definition) is 3. The van der Waals surface area contributed by atoms with E-state index < -0.39 is 0 Å². The van der Waals surface area contributed by atoms with Crippen molar-refractivity contribution in [3.8, 4) is 0 Å². The lowest BCUT2D eigenvalue weighted by Crippen LogP contribution is -2.44. The Morgan fingerprint density at radius 1 is 1.40 bits per heavy atom. The fourth-order valence-corrected chi connectivity index (χ4v) is 2.74. The minimum absolute atomic E-state index is 0.169. The van der Waals surface area contributed by atoms with Crippen molar-refractivity contribution in [2.75, 3.05) is 39.3 Å². The van der Waals surface area contributed by atoms with E-state index in [9.17, 15) is 9.18 Å². The molecule has 1 aromatic rings. The first-order chi connectivity index (χ1) is 9.66. The van der Waals surface area contributed by atoms with E-state index in [1.807, 2.05) is 0 Å². The summed E-state index contributed by atoms with van der Waals surface area (Å²) in [6.07, 6.45) is 0.921. The van der Waals surface area contributed by atoms with Gasteiger partial charge in [-0.1, -0.05) is 0 Å². The van der Waals surface area contributed by atoms with Gasteiger partial charge in [-0.05, 0) is 47.1 Å². The normalized spacial score (nSPS) is 16.1. The highest BCUT2D eigenvalue weighted by Gasteiger charge is 2.11. The maximum absolute atomic E-state index is 13.0. The van der Waals surface area contributed by atoms with Gasteiger partial charge in [0.05, 0.1) is 5.56 Å². The topological polar surface area (TPSA) is 44.4 Å². The Morgan fingerprint density at radius 2 is 2.15 bits per heavy atom. The van der Waals surface area contributed by atoms with Crippen molar-refractivity contribution in [3.05, 3.63) is 34.1 Å². The van der Waals surface area contributed by atoms with Crippen molar-refractivity contribution < 1.29 is 9.18 Å². The summed E-state index contributed by atoms with van der Waals surface area (Å²) >= 11 is 3.20. The van der Waals surface area contributed by atoms with Crippen LogP contribution in [-0.2, 0) is 0 Å². The number of rotatable bonds is 5. The Morgan fingerprint density at radius 3 is 2.85 bits per heavy atom. The maximum atomic E-state index is 13.0. The molecule has 2 N–H and O–H groups in total. The van der Waals surface area contributed by atoms with Gasteiger partial charge in [0.25, 0.3) is 5.91 Å². The molecule has 1 aromatic carbocycles. The molecule has 6 heteroatoms. The number of nitrogens with zero attached hydrogens (tertiary/aromatic N) is 1. The van der Waals surface area contributed by atoms with Crippen LogP contribution in [0.4, 0.5) is 4.39 Å². The lowest BCUT2D eigenvalue weighted by Gasteiger charge is -2.27. The van der Waals surface area contributed by atoms with Crippen molar-refractivity contribution in [3.63, 3.8) is 0 Å². The van der Waals surface area contributed by atoms with Gasteiger partial charge in [0.1, 0.15) is 5.82 Å². The average molecular weight is 344 g/mol. The number of amides is 1. The Balaban J connectivity index is 1.72. The predicted molar refractivity (Wildman–Crippen MR) is 80.4 cm³/mol. The van der Waals surface area contributed by atoms with Crippen LogP contribution in [0.25, 0.3) is 0 Å². The fourth-order valence-electron chi connectivity index (χ4n) is 2.21. The summed E-state index contributed by atoms with van der Waals surface area (Å²) < 4.78 is 13.4. The lowest BCUT2D eigenvalue weighted by molar-refractivity contribution is 0.0950. The van der Waals surface area contributed by atoms with Crippen molar-refractivity contribution in [1.82, 2.24) is 15.5 Å². The monoisotopic (exact) mass is 343 g/mol. The second-order valence-corrected chi connectivity index (χ2v) is 5.68. The Bertz CT molecular complexity index is 464. The molecule has 110 valence electrons. The SMILES string of the molecule is O=C(NCCCN1CCNCC1)c1ccc(F)cc1Br. The van der Waals surface area contributed by atoms with Crippen LogP contribution in [0.1, 0.15) is 16.8 Å². The van der Waals surface area contributed by atoms with E-state index in [2.05, 4.69) is 31.5 Å². The molecule has 0 radical (unpaired) electrons. The zero-order valence-corrected chi connectivity index (χ0v) is 12.9. The van der Waals surface area contributed by atoms with Crippen LogP contribution in [0.3, 0.4) is 0 Å². The first-order valence-corrected chi connectivity index (χ1v) is 7.62.